The largest absolute Gasteiger partial charge is 0.352 e. The van der Waals surface area contributed by atoms with Crippen LogP contribution in [0, 0.1) is 0 Å². The SMILES string of the molecule is C[C@H]1O[C@@H](C[N+](C)(C)C)CS1(=O)=O. The summed E-state index contributed by atoms with van der Waals surface area (Å²) in [7, 11) is 3.10. The van der Waals surface area contributed by atoms with E-state index in [9.17, 15) is 8.42 Å². The Hall–Kier alpha value is -0.130. The maximum atomic E-state index is 11.3. The van der Waals surface area contributed by atoms with Crippen molar-refractivity contribution in [1.29, 1.82) is 0 Å². The molecule has 1 aliphatic rings. The van der Waals surface area contributed by atoms with Crippen molar-refractivity contribution in [2.45, 2.75) is 18.5 Å². The molecular formula is C8H18NO3S+. The zero-order chi connectivity index (χ0) is 10.3. The highest BCUT2D eigenvalue weighted by Crippen LogP contribution is 2.19. The lowest BCUT2D eigenvalue weighted by atomic mass is 10.3. The van der Waals surface area contributed by atoms with E-state index in [-0.39, 0.29) is 11.9 Å². The van der Waals surface area contributed by atoms with Crippen molar-refractivity contribution >= 4 is 9.84 Å². The molecule has 0 radical (unpaired) electrons. The van der Waals surface area contributed by atoms with Crippen molar-refractivity contribution in [3.63, 3.8) is 0 Å². The first-order chi connectivity index (χ1) is 5.71. The van der Waals surface area contributed by atoms with Gasteiger partial charge in [-0.25, -0.2) is 8.42 Å². The molecule has 1 aliphatic heterocycles. The highest BCUT2D eigenvalue weighted by Gasteiger charge is 2.38. The molecule has 0 N–H and O–H groups in total. The van der Waals surface area contributed by atoms with Gasteiger partial charge in [-0.1, -0.05) is 0 Å². The van der Waals surface area contributed by atoms with Crippen LogP contribution in [0.4, 0.5) is 0 Å². The van der Waals surface area contributed by atoms with E-state index < -0.39 is 15.3 Å². The molecule has 13 heavy (non-hydrogen) atoms. The van der Waals surface area contributed by atoms with Crippen LogP contribution in [-0.4, -0.2) is 57.9 Å². The summed E-state index contributed by atoms with van der Waals surface area (Å²) in [5.74, 6) is 0.170. The molecular weight excluding hydrogens is 190 g/mol. The molecule has 0 aromatic rings. The summed E-state index contributed by atoms with van der Waals surface area (Å²) in [6, 6.07) is 0. The summed E-state index contributed by atoms with van der Waals surface area (Å²) in [4.78, 5) is 0. The Morgan fingerprint density at radius 1 is 1.38 bits per heavy atom. The summed E-state index contributed by atoms with van der Waals surface area (Å²) in [5, 5.41) is 0. The second kappa shape index (κ2) is 3.22. The molecule has 0 bridgehead atoms. The molecule has 0 amide bonds. The molecule has 0 aliphatic carbocycles. The Bertz CT molecular complexity index is 278. The lowest BCUT2D eigenvalue weighted by Crippen LogP contribution is -2.42. The average molecular weight is 208 g/mol. The van der Waals surface area contributed by atoms with Gasteiger partial charge in [-0.05, 0) is 6.92 Å². The van der Waals surface area contributed by atoms with Gasteiger partial charge in [0.15, 0.2) is 15.3 Å². The standard InChI is InChI=1S/C8H18NO3S/c1-7-12-8(5-9(2,3)4)6-13(7,10)11/h7-8H,5-6H2,1-4H3/q+1/t7-,8-/m0/s1. The summed E-state index contributed by atoms with van der Waals surface area (Å²) in [6.45, 7) is 2.34. The Balaban J connectivity index is 2.61. The summed E-state index contributed by atoms with van der Waals surface area (Å²) in [5.41, 5.74) is -0.621. The van der Waals surface area contributed by atoms with Gasteiger partial charge in [0.25, 0.3) is 0 Å². The Morgan fingerprint density at radius 2 is 1.92 bits per heavy atom. The first-order valence-corrected chi connectivity index (χ1v) is 6.10. The van der Waals surface area contributed by atoms with E-state index in [0.29, 0.717) is 0 Å². The van der Waals surface area contributed by atoms with Crippen LogP contribution in [0.25, 0.3) is 0 Å². The van der Waals surface area contributed by atoms with Crippen LogP contribution < -0.4 is 0 Å². The van der Waals surface area contributed by atoms with Gasteiger partial charge in [-0.2, -0.15) is 0 Å². The lowest BCUT2D eigenvalue weighted by Gasteiger charge is -2.26. The molecule has 4 nitrogen and oxygen atoms in total. The van der Waals surface area contributed by atoms with Crippen molar-refractivity contribution in [2.24, 2.45) is 0 Å². The van der Waals surface area contributed by atoms with E-state index in [4.69, 9.17) is 4.74 Å². The molecule has 2 atom stereocenters. The maximum absolute atomic E-state index is 11.3. The molecule has 0 spiro atoms. The molecule has 1 heterocycles. The first-order valence-electron chi connectivity index (χ1n) is 4.38. The Labute approximate surface area is 80.0 Å². The topological polar surface area (TPSA) is 43.4 Å². The van der Waals surface area contributed by atoms with Crippen LogP contribution in [0.3, 0.4) is 0 Å². The molecule has 0 saturated carbocycles. The number of rotatable bonds is 2. The van der Waals surface area contributed by atoms with Gasteiger partial charge >= 0.3 is 0 Å². The van der Waals surface area contributed by atoms with Gasteiger partial charge in [0, 0.05) is 0 Å². The van der Waals surface area contributed by atoms with E-state index in [1.54, 1.807) is 6.92 Å². The third-order valence-corrected chi connectivity index (χ3v) is 4.02. The van der Waals surface area contributed by atoms with Crippen molar-refractivity contribution in [2.75, 3.05) is 33.4 Å². The van der Waals surface area contributed by atoms with E-state index in [1.165, 1.54) is 0 Å². The van der Waals surface area contributed by atoms with Gasteiger partial charge in [-0.3, -0.25) is 0 Å². The smallest absolute Gasteiger partial charge is 0.179 e. The summed E-state index contributed by atoms with van der Waals surface area (Å²) < 4.78 is 28.7. The molecule has 1 saturated heterocycles. The fourth-order valence-electron chi connectivity index (χ4n) is 1.50. The van der Waals surface area contributed by atoms with Gasteiger partial charge < -0.3 is 9.22 Å². The van der Waals surface area contributed by atoms with Crippen LogP contribution in [0.5, 0.6) is 0 Å². The summed E-state index contributed by atoms with van der Waals surface area (Å²) in [6.07, 6.45) is -0.139. The van der Waals surface area contributed by atoms with Crippen LogP contribution >= 0.6 is 0 Å². The second-order valence-corrected chi connectivity index (χ2v) is 6.95. The van der Waals surface area contributed by atoms with Crippen molar-refractivity contribution in [3.8, 4) is 0 Å². The van der Waals surface area contributed by atoms with Crippen LogP contribution in [0.2, 0.25) is 0 Å². The molecule has 0 unspecified atom stereocenters. The predicted molar refractivity (Wildman–Crippen MR) is 51.0 cm³/mol. The third-order valence-electron chi connectivity index (χ3n) is 2.06. The van der Waals surface area contributed by atoms with E-state index in [1.807, 2.05) is 21.1 Å². The number of nitrogens with zero attached hydrogens (tertiary/aromatic N) is 1. The van der Waals surface area contributed by atoms with Crippen LogP contribution in [0.15, 0.2) is 0 Å². The minimum absolute atomic E-state index is 0.139. The normalized spacial score (nSPS) is 33.5. The third kappa shape index (κ3) is 2.93. The van der Waals surface area contributed by atoms with Crippen LogP contribution in [0.1, 0.15) is 6.92 Å². The Morgan fingerprint density at radius 3 is 2.23 bits per heavy atom. The zero-order valence-electron chi connectivity index (χ0n) is 8.65. The molecule has 1 rings (SSSR count). The van der Waals surface area contributed by atoms with Gasteiger partial charge in [-0.15, -0.1) is 0 Å². The fourth-order valence-corrected chi connectivity index (χ4v) is 2.80. The monoisotopic (exact) mass is 208 g/mol. The summed E-state index contributed by atoms with van der Waals surface area (Å²) >= 11 is 0. The highest BCUT2D eigenvalue weighted by molar-refractivity contribution is 7.92. The van der Waals surface area contributed by atoms with Gasteiger partial charge in [0.2, 0.25) is 0 Å². The molecule has 5 heteroatoms. The molecule has 0 aromatic carbocycles. The average Bonchev–Trinajstić information content (AvgIpc) is 2.01. The second-order valence-electron chi connectivity index (χ2n) is 4.63. The van der Waals surface area contributed by atoms with E-state index in [2.05, 4.69) is 0 Å². The maximum Gasteiger partial charge on any atom is 0.179 e. The first kappa shape index (κ1) is 10.9. The van der Waals surface area contributed by atoms with E-state index >= 15 is 0 Å². The fraction of sp³-hybridized carbons (Fsp3) is 1.00. The van der Waals surface area contributed by atoms with Crippen molar-refractivity contribution < 1.29 is 17.6 Å². The Kier molecular flexibility index (Phi) is 2.71. The minimum atomic E-state index is -2.98. The number of hydrogen-bond donors (Lipinski definition) is 0. The zero-order valence-corrected chi connectivity index (χ0v) is 9.47. The predicted octanol–water partition coefficient (Wildman–Crippen LogP) is -0.148. The van der Waals surface area contributed by atoms with Gasteiger partial charge in [0.1, 0.15) is 12.6 Å². The van der Waals surface area contributed by atoms with Gasteiger partial charge in [0.05, 0.1) is 26.9 Å². The lowest BCUT2D eigenvalue weighted by molar-refractivity contribution is -0.873. The molecule has 78 valence electrons. The molecule has 0 aromatic heterocycles. The minimum Gasteiger partial charge on any atom is -0.352 e. The quantitative estimate of drug-likeness (QED) is 0.593. The number of ether oxygens (including phenoxy) is 1. The van der Waals surface area contributed by atoms with Crippen molar-refractivity contribution in [3.05, 3.63) is 0 Å². The van der Waals surface area contributed by atoms with Crippen LogP contribution in [-0.2, 0) is 14.6 Å². The van der Waals surface area contributed by atoms with Crippen molar-refractivity contribution in [1.82, 2.24) is 0 Å². The number of hydrogen-bond acceptors (Lipinski definition) is 3. The molecule has 1 fully saturated rings. The number of sulfone groups is 1. The number of likely N-dealkylation sites (N-methyl/N-ethyl adjacent to an activating group) is 1. The highest BCUT2D eigenvalue weighted by atomic mass is 32.2. The number of quaternary nitrogens is 1. The van der Waals surface area contributed by atoms with E-state index in [0.717, 1.165) is 11.0 Å².